The van der Waals surface area contributed by atoms with Crippen LogP contribution >= 0.6 is 27.3 Å². The van der Waals surface area contributed by atoms with Gasteiger partial charge in [0.25, 0.3) is 0 Å². The third-order valence-electron chi connectivity index (χ3n) is 2.41. The quantitative estimate of drug-likeness (QED) is 0.878. The molecule has 1 aromatic heterocycles. The lowest BCUT2D eigenvalue weighted by atomic mass is 9.96. The Labute approximate surface area is 90.9 Å². The zero-order valence-corrected chi connectivity index (χ0v) is 9.83. The normalized spacial score (nSPS) is 18.8. The highest BCUT2D eigenvalue weighted by Gasteiger charge is 2.13. The highest BCUT2D eigenvalue weighted by molar-refractivity contribution is 9.11. The topological polar surface area (TPSA) is 24.9 Å². The lowest BCUT2D eigenvalue weighted by Crippen LogP contribution is -2.21. The number of rotatable bonds is 2. The van der Waals surface area contributed by atoms with Crippen molar-refractivity contribution in [1.29, 1.82) is 0 Å². The van der Waals surface area contributed by atoms with Gasteiger partial charge in [0.1, 0.15) is 0 Å². The Morgan fingerprint density at radius 2 is 2.15 bits per heavy atom. The summed E-state index contributed by atoms with van der Waals surface area (Å²) in [4.78, 5) is 4.27. The van der Waals surface area contributed by atoms with Gasteiger partial charge in [0.15, 0.2) is 5.13 Å². The maximum atomic E-state index is 4.27. The Balaban J connectivity index is 1.89. The molecule has 2 nitrogen and oxygen atoms in total. The third kappa shape index (κ3) is 2.68. The largest absolute Gasteiger partial charge is 0.359 e. The monoisotopic (exact) mass is 260 g/mol. The fraction of sp³-hybridized carbons (Fsp3) is 0.667. The Kier molecular flexibility index (Phi) is 3.22. The average molecular weight is 261 g/mol. The molecular weight excluding hydrogens is 248 g/mol. The summed E-state index contributed by atoms with van der Waals surface area (Å²) in [5.74, 6) is 0. The van der Waals surface area contributed by atoms with Crippen LogP contribution < -0.4 is 5.32 Å². The zero-order chi connectivity index (χ0) is 9.10. The van der Waals surface area contributed by atoms with E-state index in [4.69, 9.17) is 0 Å². The van der Waals surface area contributed by atoms with Gasteiger partial charge in [0.05, 0.1) is 9.98 Å². The van der Waals surface area contributed by atoms with Crippen LogP contribution in [0.2, 0.25) is 0 Å². The molecule has 0 radical (unpaired) electrons. The first-order valence-corrected chi connectivity index (χ1v) is 6.33. The van der Waals surface area contributed by atoms with Gasteiger partial charge in [0.2, 0.25) is 0 Å². The molecule has 0 unspecified atom stereocenters. The first-order chi connectivity index (χ1) is 6.34. The summed E-state index contributed by atoms with van der Waals surface area (Å²) in [6.45, 7) is 0. The minimum absolute atomic E-state index is 0.659. The van der Waals surface area contributed by atoms with E-state index < -0.39 is 0 Å². The summed E-state index contributed by atoms with van der Waals surface area (Å²) in [5, 5.41) is 4.53. The van der Waals surface area contributed by atoms with E-state index in [0.717, 1.165) is 8.92 Å². The minimum atomic E-state index is 0.659. The standard InChI is InChI=1S/C9H13BrN2S/c10-8-6-11-9(13-8)12-7-4-2-1-3-5-7/h6-7H,1-5H2,(H,11,12). The first kappa shape index (κ1) is 9.46. The van der Waals surface area contributed by atoms with Crippen LogP contribution in [0.4, 0.5) is 5.13 Å². The number of aromatic nitrogens is 1. The van der Waals surface area contributed by atoms with Gasteiger partial charge in [-0.3, -0.25) is 0 Å². The highest BCUT2D eigenvalue weighted by Crippen LogP contribution is 2.26. The molecular formula is C9H13BrN2S. The maximum Gasteiger partial charge on any atom is 0.183 e. The van der Waals surface area contributed by atoms with Gasteiger partial charge < -0.3 is 5.32 Å². The molecule has 0 amide bonds. The molecule has 72 valence electrons. The van der Waals surface area contributed by atoms with Crippen LogP contribution in [0, 0.1) is 0 Å². The van der Waals surface area contributed by atoms with E-state index in [9.17, 15) is 0 Å². The summed E-state index contributed by atoms with van der Waals surface area (Å²) in [7, 11) is 0. The molecule has 1 N–H and O–H groups in total. The van der Waals surface area contributed by atoms with E-state index in [1.165, 1.54) is 32.1 Å². The van der Waals surface area contributed by atoms with Gasteiger partial charge in [-0.15, -0.1) is 0 Å². The van der Waals surface area contributed by atoms with Gasteiger partial charge in [-0.25, -0.2) is 4.98 Å². The summed E-state index contributed by atoms with van der Waals surface area (Å²) < 4.78 is 1.10. The molecule has 0 spiro atoms. The van der Waals surface area contributed by atoms with E-state index in [1.54, 1.807) is 11.3 Å². The summed E-state index contributed by atoms with van der Waals surface area (Å²) in [5.41, 5.74) is 0. The number of nitrogens with one attached hydrogen (secondary N) is 1. The van der Waals surface area contributed by atoms with Crippen molar-refractivity contribution in [3.05, 3.63) is 9.98 Å². The predicted molar refractivity (Wildman–Crippen MR) is 60.3 cm³/mol. The smallest absolute Gasteiger partial charge is 0.183 e. The molecule has 0 aromatic carbocycles. The number of hydrogen-bond donors (Lipinski definition) is 1. The first-order valence-electron chi connectivity index (χ1n) is 4.72. The van der Waals surface area contributed by atoms with Crippen LogP contribution in [0.3, 0.4) is 0 Å². The lowest BCUT2D eigenvalue weighted by molar-refractivity contribution is 0.462. The second-order valence-electron chi connectivity index (χ2n) is 3.45. The second-order valence-corrected chi connectivity index (χ2v) is 5.86. The molecule has 0 atom stereocenters. The van der Waals surface area contributed by atoms with Crippen molar-refractivity contribution in [1.82, 2.24) is 4.98 Å². The molecule has 0 bridgehead atoms. The van der Waals surface area contributed by atoms with E-state index in [-0.39, 0.29) is 0 Å². The Morgan fingerprint density at radius 1 is 1.38 bits per heavy atom. The van der Waals surface area contributed by atoms with E-state index in [1.807, 2.05) is 6.20 Å². The van der Waals surface area contributed by atoms with E-state index >= 15 is 0 Å². The van der Waals surface area contributed by atoms with Crippen molar-refractivity contribution in [2.75, 3.05) is 5.32 Å². The maximum absolute atomic E-state index is 4.27. The van der Waals surface area contributed by atoms with Gasteiger partial charge in [0, 0.05) is 6.04 Å². The molecule has 1 aliphatic rings. The second kappa shape index (κ2) is 4.42. The Morgan fingerprint density at radius 3 is 2.77 bits per heavy atom. The molecule has 1 saturated carbocycles. The van der Waals surface area contributed by atoms with Crippen LogP contribution in [0.25, 0.3) is 0 Å². The van der Waals surface area contributed by atoms with Crippen molar-refractivity contribution in [3.8, 4) is 0 Å². The molecule has 1 aromatic rings. The molecule has 0 saturated heterocycles. The molecule has 4 heteroatoms. The van der Waals surface area contributed by atoms with Crippen molar-refractivity contribution < 1.29 is 0 Å². The zero-order valence-electron chi connectivity index (χ0n) is 7.42. The lowest BCUT2D eigenvalue weighted by Gasteiger charge is -2.22. The van der Waals surface area contributed by atoms with Gasteiger partial charge >= 0.3 is 0 Å². The number of anilines is 1. The summed E-state index contributed by atoms with van der Waals surface area (Å²) >= 11 is 5.09. The van der Waals surface area contributed by atoms with Crippen LogP contribution in [0.1, 0.15) is 32.1 Å². The van der Waals surface area contributed by atoms with Crippen LogP contribution in [-0.2, 0) is 0 Å². The SMILES string of the molecule is Brc1cnc(NC2CCCCC2)s1. The van der Waals surface area contributed by atoms with Gasteiger partial charge in [-0.2, -0.15) is 0 Å². The molecule has 1 fully saturated rings. The molecule has 2 rings (SSSR count). The highest BCUT2D eigenvalue weighted by atomic mass is 79.9. The van der Waals surface area contributed by atoms with Gasteiger partial charge in [-0.1, -0.05) is 30.6 Å². The molecule has 1 heterocycles. The van der Waals surface area contributed by atoms with E-state index in [0.29, 0.717) is 6.04 Å². The van der Waals surface area contributed by atoms with Crippen LogP contribution in [-0.4, -0.2) is 11.0 Å². The number of halogens is 1. The fourth-order valence-electron chi connectivity index (χ4n) is 1.74. The number of thiazole rings is 1. The Bertz CT molecular complexity index is 268. The van der Waals surface area contributed by atoms with Crippen LogP contribution in [0.15, 0.2) is 9.98 Å². The Hall–Kier alpha value is -0.0900. The summed E-state index contributed by atoms with van der Waals surface area (Å²) in [6.07, 6.45) is 8.60. The van der Waals surface area contributed by atoms with Crippen molar-refractivity contribution in [3.63, 3.8) is 0 Å². The summed E-state index contributed by atoms with van der Waals surface area (Å²) in [6, 6.07) is 0.659. The van der Waals surface area contributed by atoms with Crippen LogP contribution in [0.5, 0.6) is 0 Å². The van der Waals surface area contributed by atoms with Crippen molar-refractivity contribution in [2.24, 2.45) is 0 Å². The fourth-order valence-corrected chi connectivity index (χ4v) is 2.93. The minimum Gasteiger partial charge on any atom is -0.359 e. The number of nitrogens with zero attached hydrogens (tertiary/aromatic N) is 1. The molecule has 13 heavy (non-hydrogen) atoms. The predicted octanol–water partition coefficient (Wildman–Crippen LogP) is 3.65. The third-order valence-corrected chi connectivity index (χ3v) is 3.82. The van der Waals surface area contributed by atoms with Crippen molar-refractivity contribution in [2.45, 2.75) is 38.1 Å². The molecule has 1 aliphatic carbocycles. The average Bonchev–Trinajstić information content (AvgIpc) is 2.53. The van der Waals surface area contributed by atoms with Gasteiger partial charge in [-0.05, 0) is 28.8 Å². The number of hydrogen-bond acceptors (Lipinski definition) is 3. The molecule has 0 aliphatic heterocycles. The van der Waals surface area contributed by atoms with E-state index in [2.05, 4.69) is 26.2 Å². The van der Waals surface area contributed by atoms with Crippen molar-refractivity contribution >= 4 is 32.4 Å².